The second-order valence-corrected chi connectivity index (χ2v) is 5.05. The molecule has 1 amide bonds. The molecule has 0 aromatic carbocycles. The minimum Gasteiger partial charge on any atom is -0.379 e. The molecule has 3 rings (SSSR count). The van der Waals surface area contributed by atoms with Crippen LogP contribution in [0.2, 0.25) is 0 Å². The van der Waals surface area contributed by atoms with E-state index in [2.05, 4.69) is 10.2 Å². The number of carbonyl (C=O) groups excluding carboxylic acids is 1. The number of rotatable bonds is 3. The first-order valence-electron chi connectivity index (χ1n) is 6.93. The summed E-state index contributed by atoms with van der Waals surface area (Å²) in [6.07, 6.45) is 3.89. The van der Waals surface area contributed by atoms with Crippen LogP contribution in [0.15, 0.2) is 36.7 Å². The molecule has 1 aliphatic rings. The molecule has 1 fully saturated rings. The van der Waals surface area contributed by atoms with E-state index in [4.69, 9.17) is 4.74 Å². The van der Waals surface area contributed by atoms with Crippen molar-refractivity contribution < 1.29 is 9.53 Å². The van der Waals surface area contributed by atoms with Crippen LogP contribution in [0, 0.1) is 0 Å². The molecular formula is C15H19N3O2. The summed E-state index contributed by atoms with van der Waals surface area (Å²) in [6, 6.07) is 7.70. The molecule has 1 aliphatic heterocycles. The summed E-state index contributed by atoms with van der Waals surface area (Å²) < 4.78 is 7.31. The number of amides is 1. The highest BCUT2D eigenvalue weighted by atomic mass is 16.5. The van der Waals surface area contributed by atoms with E-state index in [1.807, 2.05) is 48.0 Å². The fourth-order valence-corrected chi connectivity index (χ4v) is 2.50. The predicted molar refractivity (Wildman–Crippen MR) is 76.7 cm³/mol. The van der Waals surface area contributed by atoms with E-state index >= 15 is 0 Å². The third-order valence-corrected chi connectivity index (χ3v) is 3.73. The fraction of sp³-hybridized carbons (Fsp3) is 0.400. The molecule has 0 saturated carbocycles. The van der Waals surface area contributed by atoms with Crippen LogP contribution < -0.4 is 5.32 Å². The Kier molecular flexibility index (Phi) is 3.71. The van der Waals surface area contributed by atoms with Gasteiger partial charge in [0, 0.05) is 36.6 Å². The molecule has 0 radical (unpaired) electrons. The number of hydrogen-bond acceptors (Lipinski definition) is 3. The molecule has 5 nitrogen and oxygen atoms in total. The Labute approximate surface area is 118 Å². The van der Waals surface area contributed by atoms with Crippen LogP contribution in [-0.2, 0) is 4.74 Å². The minimum atomic E-state index is -0.0345. The molecule has 20 heavy (non-hydrogen) atoms. The first kappa shape index (κ1) is 13.1. The molecule has 1 N–H and O–H groups in total. The molecule has 106 valence electrons. The zero-order valence-electron chi connectivity index (χ0n) is 11.6. The van der Waals surface area contributed by atoms with Gasteiger partial charge in [-0.3, -0.25) is 9.69 Å². The van der Waals surface area contributed by atoms with E-state index in [0.29, 0.717) is 5.56 Å². The lowest BCUT2D eigenvalue weighted by Gasteiger charge is -2.32. The Balaban J connectivity index is 1.68. The molecule has 1 unspecified atom stereocenters. The van der Waals surface area contributed by atoms with Crippen LogP contribution in [0.1, 0.15) is 17.3 Å². The SMILES string of the molecule is CC(NC(=O)c1ccn2cccc2c1)N1CCOCC1. The average molecular weight is 273 g/mol. The molecular weight excluding hydrogens is 254 g/mol. The van der Waals surface area contributed by atoms with Crippen molar-refractivity contribution in [3.8, 4) is 0 Å². The van der Waals surface area contributed by atoms with Crippen molar-refractivity contribution in [1.82, 2.24) is 14.6 Å². The van der Waals surface area contributed by atoms with E-state index in [9.17, 15) is 4.79 Å². The van der Waals surface area contributed by atoms with Crippen LogP contribution in [0.4, 0.5) is 0 Å². The van der Waals surface area contributed by atoms with Crippen molar-refractivity contribution in [3.63, 3.8) is 0 Å². The Morgan fingerprint density at radius 1 is 1.30 bits per heavy atom. The Hall–Kier alpha value is -1.85. The van der Waals surface area contributed by atoms with Crippen molar-refractivity contribution >= 4 is 11.4 Å². The third kappa shape index (κ3) is 2.69. The normalized spacial score (nSPS) is 18.1. The van der Waals surface area contributed by atoms with Crippen LogP contribution in [0.25, 0.3) is 5.52 Å². The second-order valence-electron chi connectivity index (χ2n) is 5.05. The summed E-state index contributed by atoms with van der Waals surface area (Å²) in [7, 11) is 0. The van der Waals surface area contributed by atoms with Gasteiger partial charge in [0.25, 0.3) is 5.91 Å². The van der Waals surface area contributed by atoms with Gasteiger partial charge in [-0.05, 0) is 31.2 Å². The lowest BCUT2D eigenvalue weighted by molar-refractivity contribution is 0.0133. The third-order valence-electron chi connectivity index (χ3n) is 3.73. The van der Waals surface area contributed by atoms with Crippen LogP contribution >= 0.6 is 0 Å². The average Bonchev–Trinajstić information content (AvgIpc) is 2.95. The molecule has 5 heteroatoms. The van der Waals surface area contributed by atoms with Gasteiger partial charge >= 0.3 is 0 Å². The first-order chi connectivity index (χ1) is 9.74. The highest BCUT2D eigenvalue weighted by Gasteiger charge is 2.19. The largest absolute Gasteiger partial charge is 0.379 e. The van der Waals surface area contributed by atoms with Gasteiger partial charge in [0.05, 0.1) is 19.4 Å². The lowest BCUT2D eigenvalue weighted by Crippen LogP contribution is -2.50. The number of pyridine rings is 1. The number of nitrogens with one attached hydrogen (secondary N) is 1. The Morgan fingerprint density at radius 3 is 2.90 bits per heavy atom. The van der Waals surface area contributed by atoms with Gasteiger partial charge in [0.1, 0.15) is 0 Å². The maximum absolute atomic E-state index is 12.3. The van der Waals surface area contributed by atoms with Crippen molar-refractivity contribution in [3.05, 3.63) is 42.2 Å². The van der Waals surface area contributed by atoms with E-state index in [-0.39, 0.29) is 12.1 Å². The number of fused-ring (bicyclic) bond motifs is 1. The molecule has 1 atom stereocenters. The number of nitrogens with zero attached hydrogens (tertiary/aromatic N) is 2. The van der Waals surface area contributed by atoms with Gasteiger partial charge < -0.3 is 14.5 Å². The van der Waals surface area contributed by atoms with Crippen molar-refractivity contribution in [2.24, 2.45) is 0 Å². The van der Waals surface area contributed by atoms with Crippen LogP contribution in [-0.4, -0.2) is 47.7 Å². The molecule has 2 aromatic rings. The van der Waals surface area contributed by atoms with Gasteiger partial charge in [-0.2, -0.15) is 0 Å². The summed E-state index contributed by atoms with van der Waals surface area (Å²) in [5.41, 5.74) is 1.72. The van der Waals surface area contributed by atoms with Gasteiger partial charge in [-0.25, -0.2) is 0 Å². The summed E-state index contributed by atoms with van der Waals surface area (Å²) in [5.74, 6) is -0.0345. The molecule has 1 saturated heterocycles. The summed E-state index contributed by atoms with van der Waals surface area (Å²) in [5, 5.41) is 3.04. The second kappa shape index (κ2) is 5.64. The van der Waals surface area contributed by atoms with Gasteiger partial charge in [-0.15, -0.1) is 0 Å². The predicted octanol–water partition coefficient (Wildman–Crippen LogP) is 1.35. The van der Waals surface area contributed by atoms with Crippen LogP contribution in [0.3, 0.4) is 0 Å². The number of carbonyl (C=O) groups is 1. The lowest BCUT2D eigenvalue weighted by atomic mass is 10.2. The van der Waals surface area contributed by atoms with Gasteiger partial charge in [-0.1, -0.05) is 0 Å². The smallest absolute Gasteiger partial charge is 0.252 e. The zero-order valence-corrected chi connectivity index (χ0v) is 11.6. The highest BCUT2D eigenvalue weighted by Crippen LogP contribution is 2.09. The van der Waals surface area contributed by atoms with Crippen molar-refractivity contribution in [2.75, 3.05) is 26.3 Å². The summed E-state index contributed by atoms with van der Waals surface area (Å²) >= 11 is 0. The van der Waals surface area contributed by atoms with E-state index in [1.165, 1.54) is 0 Å². The first-order valence-corrected chi connectivity index (χ1v) is 6.93. The maximum Gasteiger partial charge on any atom is 0.252 e. The summed E-state index contributed by atoms with van der Waals surface area (Å²) in [4.78, 5) is 14.5. The zero-order chi connectivity index (χ0) is 13.9. The standard InChI is InChI=1S/C15H19N3O2/c1-12(17-7-9-20-10-8-17)16-15(19)13-4-6-18-5-2-3-14(18)11-13/h2-6,11-12H,7-10H2,1H3,(H,16,19). The van der Waals surface area contributed by atoms with Crippen molar-refractivity contribution in [1.29, 1.82) is 0 Å². The fourth-order valence-electron chi connectivity index (χ4n) is 2.50. The molecule has 0 bridgehead atoms. The van der Waals surface area contributed by atoms with Crippen LogP contribution in [0.5, 0.6) is 0 Å². The monoisotopic (exact) mass is 273 g/mol. The molecule has 0 spiro atoms. The number of morpholine rings is 1. The Morgan fingerprint density at radius 2 is 2.10 bits per heavy atom. The van der Waals surface area contributed by atoms with Crippen molar-refractivity contribution in [2.45, 2.75) is 13.1 Å². The van der Waals surface area contributed by atoms with E-state index in [0.717, 1.165) is 31.8 Å². The Bertz CT molecular complexity index is 602. The van der Waals surface area contributed by atoms with E-state index in [1.54, 1.807) is 0 Å². The molecule has 0 aliphatic carbocycles. The van der Waals surface area contributed by atoms with E-state index < -0.39 is 0 Å². The van der Waals surface area contributed by atoms with Gasteiger partial charge in [0.15, 0.2) is 0 Å². The quantitative estimate of drug-likeness (QED) is 0.918. The summed E-state index contributed by atoms with van der Waals surface area (Å²) in [6.45, 7) is 5.20. The molecule has 3 heterocycles. The minimum absolute atomic E-state index is 0.0226. The number of ether oxygens (including phenoxy) is 1. The van der Waals surface area contributed by atoms with Gasteiger partial charge in [0.2, 0.25) is 0 Å². The number of aromatic nitrogens is 1. The topological polar surface area (TPSA) is 46.0 Å². The highest BCUT2D eigenvalue weighted by molar-refractivity contribution is 5.95. The molecule has 2 aromatic heterocycles. The maximum atomic E-state index is 12.3. The number of hydrogen-bond donors (Lipinski definition) is 1.